The number of nitrogens with one attached hydrogen (secondary N) is 1. The van der Waals surface area contributed by atoms with Gasteiger partial charge in [-0.05, 0) is 42.4 Å². The topological polar surface area (TPSA) is 176 Å². The van der Waals surface area contributed by atoms with Crippen LogP contribution in [-0.4, -0.2) is 113 Å². The zero-order valence-electron chi connectivity index (χ0n) is 27.4. The molecule has 2 aromatic carbocycles. The predicted octanol–water partition coefficient (Wildman–Crippen LogP) is 0.964. The Morgan fingerprint density at radius 1 is 1.12 bits per heavy atom. The zero-order valence-corrected chi connectivity index (χ0v) is 28.2. The van der Waals surface area contributed by atoms with Gasteiger partial charge in [-0.2, -0.15) is 4.31 Å². The van der Waals surface area contributed by atoms with Gasteiger partial charge in [0.05, 0.1) is 36.3 Å². The molecule has 0 unspecified atom stereocenters. The molecule has 5 rings (SSSR count). The van der Waals surface area contributed by atoms with Crippen LogP contribution in [0.4, 0.5) is 4.79 Å². The van der Waals surface area contributed by atoms with Crippen LogP contribution in [0, 0.1) is 11.3 Å². The fourth-order valence-corrected chi connectivity index (χ4v) is 8.23. The molecule has 3 aliphatic rings. The Morgan fingerprint density at radius 2 is 1.88 bits per heavy atom. The first-order valence-corrected chi connectivity index (χ1v) is 17.4. The van der Waals surface area contributed by atoms with E-state index < -0.39 is 52.6 Å². The molecule has 0 radical (unpaired) electrons. The number of aliphatic hydroxyl groups is 1. The highest BCUT2D eigenvalue weighted by Gasteiger charge is 2.47. The number of ether oxygens (including phenoxy) is 5. The van der Waals surface area contributed by atoms with E-state index in [-0.39, 0.29) is 62.0 Å². The van der Waals surface area contributed by atoms with Crippen molar-refractivity contribution in [3.63, 3.8) is 0 Å². The molecule has 0 bridgehead atoms. The molecule has 2 fully saturated rings. The van der Waals surface area contributed by atoms with E-state index in [1.165, 1.54) is 29.6 Å². The Kier molecular flexibility index (Phi) is 11.5. The number of rotatable bonds is 16. The lowest BCUT2D eigenvalue weighted by Gasteiger charge is -2.43. The fraction of sp³-hybridized carbons (Fsp3) is 0.576. The van der Waals surface area contributed by atoms with Crippen molar-refractivity contribution in [3.8, 4) is 11.5 Å². The van der Waals surface area contributed by atoms with Crippen molar-refractivity contribution in [1.29, 1.82) is 0 Å². The Bertz CT molecular complexity index is 1520. The number of aliphatic hydroxyl groups excluding tert-OH is 1. The molecule has 0 aliphatic carbocycles. The van der Waals surface area contributed by atoms with Gasteiger partial charge in [0.25, 0.3) is 0 Å². The minimum atomic E-state index is -4.28. The van der Waals surface area contributed by atoms with Crippen LogP contribution in [-0.2, 0) is 35.4 Å². The van der Waals surface area contributed by atoms with Crippen LogP contribution in [0.25, 0.3) is 0 Å². The Morgan fingerprint density at radius 3 is 2.60 bits per heavy atom. The standard InChI is InChI=1S/C33H45N3O11S/c1-33(2,12-13-34-30(38)19-43-3)20-35(48(41,42)23-9-10-28-29(16-23)47-21-46-28)17-27(37)25(15-22-7-5-4-6-8-22)36(32(39)40)26-18-45-31-24(26)11-14-44-31/h4-10,16,24-27,31,37H,11-15,17-21H2,1-3H3,(H,34,38)(H,39,40)/p-1/t24-,25-,26-,27+,31+/m0/s1. The molecule has 15 heteroatoms. The number of sulfonamides is 1. The molecule has 2 aromatic rings. The summed E-state index contributed by atoms with van der Waals surface area (Å²) in [4.78, 5) is 25.9. The van der Waals surface area contributed by atoms with Crippen LogP contribution in [0.1, 0.15) is 32.3 Å². The Hall–Kier alpha value is -3.47. The van der Waals surface area contributed by atoms with E-state index in [1.807, 2.05) is 44.2 Å². The van der Waals surface area contributed by atoms with Gasteiger partial charge in [-0.3, -0.25) is 4.79 Å². The molecule has 264 valence electrons. The van der Waals surface area contributed by atoms with Crippen LogP contribution < -0.4 is 19.9 Å². The Balaban J connectivity index is 1.46. The lowest BCUT2D eigenvalue weighted by molar-refractivity contribution is -0.273. The number of amides is 2. The van der Waals surface area contributed by atoms with Crippen molar-refractivity contribution < 1.29 is 51.9 Å². The molecule has 3 heterocycles. The van der Waals surface area contributed by atoms with Crippen molar-refractivity contribution in [2.45, 2.75) is 62.5 Å². The third-order valence-corrected chi connectivity index (χ3v) is 10.8. The first-order chi connectivity index (χ1) is 22.9. The third kappa shape index (κ3) is 8.39. The maximum Gasteiger partial charge on any atom is 0.245 e. The second-order valence-corrected chi connectivity index (χ2v) is 15.0. The maximum atomic E-state index is 14.4. The number of methoxy groups -OCH3 is 1. The lowest BCUT2D eigenvalue weighted by Crippen LogP contribution is -2.61. The van der Waals surface area contributed by atoms with E-state index in [9.17, 15) is 28.2 Å². The quantitative estimate of drug-likeness (QED) is 0.257. The zero-order chi connectivity index (χ0) is 34.5. The van der Waals surface area contributed by atoms with Crippen LogP contribution in [0.2, 0.25) is 0 Å². The predicted molar refractivity (Wildman–Crippen MR) is 169 cm³/mol. The van der Waals surface area contributed by atoms with Gasteiger partial charge in [0.15, 0.2) is 17.8 Å². The van der Waals surface area contributed by atoms with Gasteiger partial charge in [-0.25, -0.2) is 8.42 Å². The van der Waals surface area contributed by atoms with Gasteiger partial charge in [0.2, 0.25) is 22.7 Å². The van der Waals surface area contributed by atoms with E-state index in [2.05, 4.69) is 5.32 Å². The summed E-state index contributed by atoms with van der Waals surface area (Å²) in [5.74, 6) is 0.129. The normalized spacial score (nSPS) is 21.6. The first-order valence-electron chi connectivity index (χ1n) is 16.0. The molecule has 2 saturated heterocycles. The molecular formula is C33H44N3O11S-. The van der Waals surface area contributed by atoms with Gasteiger partial charge >= 0.3 is 0 Å². The van der Waals surface area contributed by atoms with Crippen LogP contribution in [0.5, 0.6) is 11.5 Å². The molecule has 0 saturated carbocycles. The summed E-state index contributed by atoms with van der Waals surface area (Å²) in [5, 5.41) is 27.6. The summed E-state index contributed by atoms with van der Waals surface area (Å²) in [6.45, 7) is 3.81. The number of hydrogen-bond acceptors (Lipinski definition) is 11. The molecule has 0 spiro atoms. The average molecular weight is 691 g/mol. The van der Waals surface area contributed by atoms with E-state index in [4.69, 9.17) is 23.7 Å². The molecule has 0 aromatic heterocycles. The van der Waals surface area contributed by atoms with Gasteiger partial charge < -0.3 is 48.9 Å². The highest BCUT2D eigenvalue weighted by molar-refractivity contribution is 7.89. The number of fused-ring (bicyclic) bond motifs is 2. The highest BCUT2D eigenvalue weighted by Crippen LogP contribution is 2.38. The van der Waals surface area contributed by atoms with Gasteiger partial charge in [-0.15, -0.1) is 0 Å². The lowest BCUT2D eigenvalue weighted by atomic mass is 9.89. The number of carbonyl (C=O) groups is 2. The third-order valence-electron chi connectivity index (χ3n) is 9.04. The van der Waals surface area contributed by atoms with Gasteiger partial charge in [0, 0.05) is 38.7 Å². The van der Waals surface area contributed by atoms with E-state index in [0.717, 1.165) is 10.5 Å². The number of carboxylic acid groups (broad SMARTS) is 1. The first kappa shape index (κ1) is 35.8. The maximum absolute atomic E-state index is 14.4. The molecular weight excluding hydrogens is 646 g/mol. The monoisotopic (exact) mass is 690 g/mol. The van der Waals surface area contributed by atoms with Gasteiger partial charge in [0.1, 0.15) is 12.7 Å². The summed E-state index contributed by atoms with van der Waals surface area (Å²) in [6, 6.07) is 11.6. The molecule has 14 nitrogen and oxygen atoms in total. The minimum absolute atomic E-state index is 0.0406. The summed E-state index contributed by atoms with van der Waals surface area (Å²) in [5.41, 5.74) is 0.0587. The highest BCUT2D eigenvalue weighted by atomic mass is 32.2. The van der Waals surface area contributed by atoms with Crippen LogP contribution >= 0.6 is 0 Å². The van der Waals surface area contributed by atoms with Gasteiger partial charge in [-0.1, -0.05) is 44.2 Å². The van der Waals surface area contributed by atoms with Crippen molar-refractivity contribution in [1.82, 2.24) is 14.5 Å². The van der Waals surface area contributed by atoms with E-state index in [1.54, 1.807) is 0 Å². The number of nitrogens with zero attached hydrogens (tertiary/aromatic N) is 2. The van der Waals surface area contributed by atoms with Crippen LogP contribution in [0.3, 0.4) is 0 Å². The number of hydrogen-bond donors (Lipinski definition) is 2. The average Bonchev–Trinajstić information content (AvgIpc) is 3.79. The van der Waals surface area contributed by atoms with Crippen molar-refractivity contribution in [2.75, 3.05) is 53.4 Å². The summed E-state index contributed by atoms with van der Waals surface area (Å²) >= 11 is 0. The Labute approximate surface area is 280 Å². The molecule has 3 aliphatic heterocycles. The number of benzene rings is 2. The van der Waals surface area contributed by atoms with Crippen molar-refractivity contribution in [2.24, 2.45) is 11.3 Å². The second kappa shape index (κ2) is 15.4. The fourth-order valence-electron chi connectivity index (χ4n) is 6.56. The largest absolute Gasteiger partial charge is 0.530 e. The molecule has 5 atom stereocenters. The molecule has 2 amide bonds. The minimum Gasteiger partial charge on any atom is -0.530 e. The number of carbonyl (C=O) groups excluding carboxylic acids is 2. The summed E-state index contributed by atoms with van der Waals surface area (Å²) in [6.07, 6.45) is -2.46. The smallest absolute Gasteiger partial charge is 0.245 e. The summed E-state index contributed by atoms with van der Waals surface area (Å²) in [7, 11) is -2.87. The van der Waals surface area contributed by atoms with Crippen molar-refractivity contribution >= 4 is 22.0 Å². The molecule has 48 heavy (non-hydrogen) atoms. The SMILES string of the molecule is COCC(=O)NCCC(C)(C)CN(C[C@@H](O)[C@H](Cc1ccccc1)N(C(=O)[O-])[C@H]1CO[C@H]2OCC[C@H]21)S(=O)(=O)c1ccc2c(c1)OCO2. The van der Waals surface area contributed by atoms with Crippen molar-refractivity contribution in [3.05, 3.63) is 54.1 Å². The summed E-state index contributed by atoms with van der Waals surface area (Å²) < 4.78 is 57.0. The van der Waals surface area contributed by atoms with Crippen LogP contribution in [0.15, 0.2) is 53.4 Å². The second-order valence-electron chi connectivity index (χ2n) is 13.1. The molecule has 2 N–H and O–H groups in total. The van der Waals surface area contributed by atoms with E-state index in [0.29, 0.717) is 25.2 Å². The van der Waals surface area contributed by atoms with E-state index >= 15 is 0 Å².